The molecule has 0 amide bonds. The van der Waals surface area contributed by atoms with Crippen LogP contribution in [0, 0.1) is 13.8 Å². The van der Waals surface area contributed by atoms with Crippen molar-refractivity contribution >= 4 is 5.78 Å². The molecule has 0 bridgehead atoms. The smallest absolute Gasteiger partial charge is 0.178 e. The van der Waals surface area contributed by atoms with E-state index in [9.17, 15) is 4.79 Å². The predicted octanol–water partition coefficient (Wildman–Crippen LogP) is 2.09. The van der Waals surface area contributed by atoms with Gasteiger partial charge in [0.15, 0.2) is 5.78 Å². The number of rotatable bonds is 2. The van der Waals surface area contributed by atoms with Gasteiger partial charge >= 0.3 is 0 Å². The summed E-state index contributed by atoms with van der Waals surface area (Å²) < 4.78 is 1.88. The molecule has 4 nitrogen and oxygen atoms in total. The van der Waals surface area contributed by atoms with Crippen molar-refractivity contribution in [2.24, 2.45) is 0 Å². The zero-order valence-corrected chi connectivity index (χ0v) is 9.56. The number of Topliss-reactive ketones (excluding diaryl/α,β-unsaturated/α-hetero) is 1. The minimum absolute atomic E-state index is 0.0312. The van der Waals surface area contributed by atoms with E-state index in [0.29, 0.717) is 5.69 Å². The van der Waals surface area contributed by atoms with Crippen molar-refractivity contribution in [1.82, 2.24) is 14.5 Å². The number of imidazole rings is 1. The molecule has 0 atom stereocenters. The lowest BCUT2D eigenvalue weighted by atomic mass is 10.2. The van der Waals surface area contributed by atoms with Crippen molar-refractivity contribution in [1.29, 1.82) is 0 Å². The van der Waals surface area contributed by atoms with Gasteiger partial charge in [-0.3, -0.25) is 9.36 Å². The fourth-order valence-corrected chi connectivity index (χ4v) is 1.48. The predicted molar refractivity (Wildman–Crippen MR) is 60.8 cm³/mol. The molecule has 82 valence electrons. The van der Waals surface area contributed by atoms with Gasteiger partial charge < -0.3 is 0 Å². The average Bonchev–Trinajstić information content (AvgIpc) is 2.60. The van der Waals surface area contributed by atoms with Crippen LogP contribution in [0.15, 0.2) is 24.5 Å². The molecule has 16 heavy (non-hydrogen) atoms. The molecule has 0 radical (unpaired) electrons. The highest BCUT2D eigenvalue weighted by atomic mass is 16.1. The highest BCUT2D eigenvalue weighted by Gasteiger charge is 2.07. The second-order valence-electron chi connectivity index (χ2n) is 3.72. The molecule has 2 aromatic heterocycles. The molecule has 0 aromatic carbocycles. The van der Waals surface area contributed by atoms with Gasteiger partial charge in [0.1, 0.15) is 17.8 Å². The van der Waals surface area contributed by atoms with Crippen molar-refractivity contribution in [3.8, 4) is 5.82 Å². The average molecular weight is 215 g/mol. The van der Waals surface area contributed by atoms with E-state index in [1.54, 1.807) is 12.4 Å². The Morgan fingerprint density at radius 1 is 1.31 bits per heavy atom. The summed E-state index contributed by atoms with van der Waals surface area (Å²) in [7, 11) is 0. The topological polar surface area (TPSA) is 47.8 Å². The van der Waals surface area contributed by atoms with Crippen molar-refractivity contribution in [3.63, 3.8) is 0 Å². The molecule has 2 rings (SSSR count). The van der Waals surface area contributed by atoms with Gasteiger partial charge in [-0.15, -0.1) is 0 Å². The number of pyridine rings is 1. The van der Waals surface area contributed by atoms with Crippen molar-refractivity contribution in [2.45, 2.75) is 20.8 Å². The fraction of sp³-hybridized carbons (Fsp3) is 0.250. The highest BCUT2D eigenvalue weighted by Crippen LogP contribution is 2.12. The first-order valence-corrected chi connectivity index (χ1v) is 5.08. The number of carbonyl (C=O) groups is 1. The quantitative estimate of drug-likeness (QED) is 0.721. The van der Waals surface area contributed by atoms with E-state index in [0.717, 1.165) is 17.2 Å². The molecule has 2 aromatic rings. The van der Waals surface area contributed by atoms with Crippen LogP contribution < -0.4 is 0 Å². The van der Waals surface area contributed by atoms with Gasteiger partial charge in [-0.05, 0) is 26.0 Å². The molecule has 0 fully saturated rings. The summed E-state index contributed by atoms with van der Waals surface area (Å²) in [5, 5.41) is 0. The maximum atomic E-state index is 11.2. The van der Waals surface area contributed by atoms with Crippen molar-refractivity contribution in [2.75, 3.05) is 0 Å². The van der Waals surface area contributed by atoms with E-state index in [1.165, 1.54) is 6.92 Å². The Morgan fingerprint density at radius 3 is 2.62 bits per heavy atom. The van der Waals surface area contributed by atoms with Crippen LogP contribution in [0.25, 0.3) is 5.82 Å². The van der Waals surface area contributed by atoms with Crippen LogP contribution >= 0.6 is 0 Å². The summed E-state index contributed by atoms with van der Waals surface area (Å²) in [6, 6.07) is 5.40. The lowest BCUT2D eigenvalue weighted by molar-refractivity contribution is 0.101. The molecule has 0 aliphatic heterocycles. The Bertz CT molecular complexity index is 543. The molecular weight excluding hydrogens is 202 g/mol. The molecule has 0 unspecified atom stereocenters. The van der Waals surface area contributed by atoms with Crippen LogP contribution in [0.3, 0.4) is 0 Å². The molecule has 4 heteroatoms. The van der Waals surface area contributed by atoms with Gasteiger partial charge in [0.05, 0.1) is 5.69 Å². The summed E-state index contributed by atoms with van der Waals surface area (Å²) >= 11 is 0. The lowest BCUT2D eigenvalue weighted by Gasteiger charge is -2.05. The number of carbonyl (C=O) groups excluding carboxylic acids is 1. The van der Waals surface area contributed by atoms with E-state index in [4.69, 9.17) is 0 Å². The van der Waals surface area contributed by atoms with Crippen LogP contribution in [0.2, 0.25) is 0 Å². The number of hydrogen-bond acceptors (Lipinski definition) is 3. The van der Waals surface area contributed by atoms with Crippen molar-refractivity contribution in [3.05, 3.63) is 41.6 Å². The zero-order chi connectivity index (χ0) is 11.7. The number of aromatic nitrogens is 3. The number of hydrogen-bond donors (Lipinski definition) is 0. The molecule has 0 saturated heterocycles. The second kappa shape index (κ2) is 3.89. The van der Waals surface area contributed by atoms with Crippen LogP contribution in [0.1, 0.15) is 28.8 Å². The number of ketones is 1. The monoisotopic (exact) mass is 215 g/mol. The summed E-state index contributed by atoms with van der Waals surface area (Å²) in [6.07, 6.45) is 1.72. The Kier molecular flexibility index (Phi) is 2.56. The first kappa shape index (κ1) is 10.5. The summed E-state index contributed by atoms with van der Waals surface area (Å²) in [5.74, 6) is 0.696. The molecule has 0 saturated carbocycles. The summed E-state index contributed by atoms with van der Waals surface area (Å²) in [4.78, 5) is 19.7. The summed E-state index contributed by atoms with van der Waals surface area (Å²) in [5.41, 5.74) is 2.48. The standard InChI is InChI=1S/C12H13N3O/c1-8-9(2)15(7-13-8)12-6-4-5-11(14-12)10(3)16/h4-7H,1-3H3. The Labute approximate surface area is 94.0 Å². The van der Waals surface area contributed by atoms with E-state index < -0.39 is 0 Å². The van der Waals surface area contributed by atoms with Gasteiger partial charge in [0, 0.05) is 12.6 Å². The fourth-order valence-electron chi connectivity index (χ4n) is 1.48. The van der Waals surface area contributed by atoms with Gasteiger partial charge in [0.2, 0.25) is 0 Å². The van der Waals surface area contributed by atoms with Crippen molar-refractivity contribution < 1.29 is 4.79 Å². The van der Waals surface area contributed by atoms with Crippen LogP contribution in [0.5, 0.6) is 0 Å². The third-order valence-corrected chi connectivity index (χ3v) is 2.59. The zero-order valence-electron chi connectivity index (χ0n) is 9.56. The molecule has 2 heterocycles. The lowest BCUT2D eigenvalue weighted by Crippen LogP contribution is -2.03. The highest BCUT2D eigenvalue weighted by molar-refractivity contribution is 5.92. The molecule has 0 N–H and O–H groups in total. The van der Waals surface area contributed by atoms with Crippen LogP contribution in [-0.4, -0.2) is 20.3 Å². The van der Waals surface area contributed by atoms with Crippen LogP contribution in [0.4, 0.5) is 0 Å². The maximum Gasteiger partial charge on any atom is 0.178 e. The van der Waals surface area contributed by atoms with Gasteiger partial charge in [-0.25, -0.2) is 9.97 Å². The second-order valence-corrected chi connectivity index (χ2v) is 3.72. The third kappa shape index (κ3) is 1.74. The van der Waals surface area contributed by atoms with Crippen LogP contribution in [-0.2, 0) is 0 Å². The largest absolute Gasteiger partial charge is 0.293 e. The minimum atomic E-state index is -0.0312. The Balaban J connectivity index is 2.52. The van der Waals surface area contributed by atoms with E-state index in [2.05, 4.69) is 9.97 Å². The number of aryl methyl sites for hydroxylation is 1. The van der Waals surface area contributed by atoms with Gasteiger partial charge in [0.25, 0.3) is 0 Å². The SMILES string of the molecule is CC(=O)c1cccc(-n2cnc(C)c2C)n1. The third-order valence-electron chi connectivity index (χ3n) is 2.59. The first-order valence-electron chi connectivity index (χ1n) is 5.08. The minimum Gasteiger partial charge on any atom is -0.293 e. The molecule has 0 spiro atoms. The van der Waals surface area contributed by atoms with E-state index in [1.807, 2.05) is 30.5 Å². The molecular formula is C12H13N3O. The molecule has 0 aliphatic carbocycles. The summed E-state index contributed by atoms with van der Waals surface area (Å²) in [6.45, 7) is 5.43. The Hall–Kier alpha value is -1.97. The Morgan fingerprint density at radius 2 is 2.06 bits per heavy atom. The number of nitrogens with zero attached hydrogens (tertiary/aromatic N) is 3. The van der Waals surface area contributed by atoms with E-state index >= 15 is 0 Å². The molecule has 0 aliphatic rings. The van der Waals surface area contributed by atoms with Gasteiger partial charge in [-0.2, -0.15) is 0 Å². The van der Waals surface area contributed by atoms with Gasteiger partial charge in [-0.1, -0.05) is 6.07 Å². The normalized spacial score (nSPS) is 10.4. The maximum absolute atomic E-state index is 11.2. The first-order chi connectivity index (χ1) is 7.59. The van der Waals surface area contributed by atoms with E-state index in [-0.39, 0.29) is 5.78 Å².